The van der Waals surface area contributed by atoms with Gasteiger partial charge in [0.15, 0.2) is 6.10 Å². The fraction of sp³-hybridized carbons (Fsp3) is 0.500. The van der Waals surface area contributed by atoms with Gasteiger partial charge in [0.2, 0.25) is 17.7 Å². The van der Waals surface area contributed by atoms with Crippen molar-refractivity contribution in [3.8, 4) is 0 Å². The van der Waals surface area contributed by atoms with E-state index in [0.29, 0.717) is 44.8 Å². The van der Waals surface area contributed by atoms with Gasteiger partial charge in [-0.15, -0.1) is 0 Å². The molecule has 29 heavy (non-hydrogen) atoms. The average molecular weight is 397 g/mol. The molecule has 0 radical (unpaired) electrons. The van der Waals surface area contributed by atoms with Crippen molar-refractivity contribution in [1.29, 1.82) is 0 Å². The lowest BCUT2D eigenvalue weighted by atomic mass is 10.1. The van der Waals surface area contributed by atoms with Gasteiger partial charge in [-0.25, -0.2) is 4.98 Å². The molecule has 0 saturated carbocycles. The van der Waals surface area contributed by atoms with Crippen LogP contribution in [0.3, 0.4) is 0 Å². The topological polar surface area (TPSA) is 75.9 Å². The summed E-state index contributed by atoms with van der Waals surface area (Å²) in [5.41, 5.74) is 1.78. The molecular weight excluding hydrogens is 370 g/mol. The van der Waals surface area contributed by atoms with Crippen molar-refractivity contribution in [3.63, 3.8) is 0 Å². The Kier molecular flexibility index (Phi) is 5.94. The molecule has 154 valence electrons. The largest absolute Gasteiger partial charge is 0.442 e. The van der Waals surface area contributed by atoms with Crippen LogP contribution in [0.1, 0.15) is 54.7 Å². The molecular formula is C22H27N3O4. The number of likely N-dealkylation sites (tertiary alicyclic amines) is 1. The maximum Gasteiger partial charge on any atom is 0.228 e. The second-order valence-electron chi connectivity index (χ2n) is 7.60. The molecule has 2 aliphatic rings. The predicted molar refractivity (Wildman–Crippen MR) is 106 cm³/mol. The highest BCUT2D eigenvalue weighted by atomic mass is 16.5. The summed E-state index contributed by atoms with van der Waals surface area (Å²) in [7, 11) is 1.64. The van der Waals surface area contributed by atoms with Gasteiger partial charge in [-0.05, 0) is 18.4 Å². The van der Waals surface area contributed by atoms with Gasteiger partial charge in [0.25, 0.3) is 0 Å². The molecule has 1 fully saturated rings. The Morgan fingerprint density at radius 3 is 2.79 bits per heavy atom. The maximum atomic E-state index is 12.7. The molecule has 2 aromatic rings. The molecule has 0 N–H and O–H groups in total. The number of carbonyl (C=O) groups excluding carboxylic acids is 2. The number of hydrogen-bond acceptors (Lipinski definition) is 5. The minimum Gasteiger partial charge on any atom is -0.442 e. The Morgan fingerprint density at radius 1 is 1.21 bits per heavy atom. The fourth-order valence-electron chi connectivity index (χ4n) is 4.04. The Balaban J connectivity index is 1.39. The zero-order valence-corrected chi connectivity index (χ0v) is 16.8. The maximum absolute atomic E-state index is 12.7. The van der Waals surface area contributed by atoms with Gasteiger partial charge in [0.05, 0.1) is 6.54 Å². The van der Waals surface area contributed by atoms with Crippen LogP contribution >= 0.6 is 0 Å². The molecule has 2 amide bonds. The van der Waals surface area contributed by atoms with Crippen LogP contribution < -0.4 is 0 Å². The van der Waals surface area contributed by atoms with Gasteiger partial charge in [0.1, 0.15) is 11.5 Å². The Bertz CT molecular complexity index is 864. The van der Waals surface area contributed by atoms with Crippen molar-refractivity contribution in [2.75, 3.05) is 26.7 Å². The first-order valence-electron chi connectivity index (χ1n) is 10.3. The summed E-state index contributed by atoms with van der Waals surface area (Å²) in [6.07, 6.45) is 3.22. The lowest BCUT2D eigenvalue weighted by Crippen LogP contribution is -2.40. The number of benzene rings is 1. The van der Waals surface area contributed by atoms with Crippen LogP contribution in [0.4, 0.5) is 0 Å². The smallest absolute Gasteiger partial charge is 0.228 e. The molecule has 1 unspecified atom stereocenters. The van der Waals surface area contributed by atoms with E-state index in [1.807, 2.05) is 40.1 Å². The van der Waals surface area contributed by atoms with E-state index in [1.165, 1.54) is 0 Å². The molecule has 4 rings (SSSR count). The molecule has 1 aromatic carbocycles. The van der Waals surface area contributed by atoms with E-state index in [1.54, 1.807) is 7.11 Å². The molecule has 7 nitrogen and oxygen atoms in total. The number of methoxy groups -OCH3 is 1. The van der Waals surface area contributed by atoms with Crippen molar-refractivity contribution in [2.45, 2.75) is 44.8 Å². The highest BCUT2D eigenvalue weighted by molar-refractivity contribution is 5.79. The second kappa shape index (κ2) is 8.78. The van der Waals surface area contributed by atoms with E-state index in [-0.39, 0.29) is 17.9 Å². The summed E-state index contributed by atoms with van der Waals surface area (Å²) < 4.78 is 11.6. The van der Waals surface area contributed by atoms with Crippen molar-refractivity contribution in [1.82, 2.24) is 14.8 Å². The summed E-state index contributed by atoms with van der Waals surface area (Å²) in [6, 6.07) is 9.83. The van der Waals surface area contributed by atoms with Crippen molar-refractivity contribution in [3.05, 3.63) is 53.2 Å². The van der Waals surface area contributed by atoms with Crippen molar-refractivity contribution < 1.29 is 18.7 Å². The van der Waals surface area contributed by atoms with Crippen LogP contribution in [0.15, 0.2) is 34.7 Å². The third-order valence-electron chi connectivity index (χ3n) is 5.68. The number of ether oxygens (including phenoxy) is 1. The second-order valence-corrected chi connectivity index (χ2v) is 7.60. The number of fused-ring (bicyclic) bond motifs is 1. The quantitative estimate of drug-likeness (QED) is 0.749. The summed E-state index contributed by atoms with van der Waals surface area (Å²) in [4.78, 5) is 32.9. The highest BCUT2D eigenvalue weighted by Gasteiger charge is 2.29. The molecule has 0 spiro atoms. The van der Waals surface area contributed by atoms with E-state index in [4.69, 9.17) is 9.15 Å². The Hall–Kier alpha value is -2.67. The first-order chi connectivity index (χ1) is 14.2. The van der Waals surface area contributed by atoms with Crippen LogP contribution in [-0.2, 0) is 27.3 Å². The summed E-state index contributed by atoms with van der Waals surface area (Å²) in [5.74, 6) is 1.58. The lowest BCUT2D eigenvalue weighted by molar-refractivity contribution is -0.136. The van der Waals surface area contributed by atoms with Crippen LogP contribution in [-0.4, -0.2) is 53.3 Å². The van der Waals surface area contributed by atoms with Gasteiger partial charge in [-0.2, -0.15) is 0 Å². The van der Waals surface area contributed by atoms with E-state index < -0.39 is 0 Å². The minimum absolute atomic E-state index is 0.0601. The number of piperidine rings is 1. The third-order valence-corrected chi connectivity index (χ3v) is 5.68. The van der Waals surface area contributed by atoms with Crippen LogP contribution in [0.5, 0.6) is 0 Å². The normalized spacial score (nSPS) is 17.9. The number of rotatable bonds is 6. The van der Waals surface area contributed by atoms with Crippen LogP contribution in [0, 0.1) is 0 Å². The molecule has 1 aromatic heterocycles. The van der Waals surface area contributed by atoms with Gasteiger partial charge in [-0.3, -0.25) is 9.59 Å². The number of hydrogen-bond donors (Lipinski definition) is 0. The molecule has 1 atom stereocenters. The van der Waals surface area contributed by atoms with Gasteiger partial charge >= 0.3 is 0 Å². The standard InChI is InChI=1S/C22H27N3O4/c1-28-21(16-7-3-2-4-8-16)22-23-17-15-25(13-10-18(17)29-22)20(27)11-14-24-12-6-5-9-19(24)26/h2-4,7-8,21H,5-6,9-15H2,1H3. The SMILES string of the molecule is COC(c1ccccc1)c1nc2c(o1)CCN(C(=O)CCN1CCCCC1=O)C2. The first kappa shape index (κ1) is 19.6. The summed E-state index contributed by atoms with van der Waals surface area (Å²) >= 11 is 0. The molecule has 0 bridgehead atoms. The number of amides is 2. The summed E-state index contributed by atoms with van der Waals surface area (Å²) in [5, 5.41) is 0. The van der Waals surface area contributed by atoms with E-state index in [9.17, 15) is 9.59 Å². The number of oxazole rings is 1. The molecule has 1 saturated heterocycles. The zero-order chi connectivity index (χ0) is 20.2. The number of carbonyl (C=O) groups is 2. The monoisotopic (exact) mass is 397 g/mol. The van der Waals surface area contributed by atoms with Crippen LogP contribution in [0.25, 0.3) is 0 Å². The predicted octanol–water partition coefficient (Wildman–Crippen LogP) is 2.70. The average Bonchev–Trinajstić information content (AvgIpc) is 3.17. The van der Waals surface area contributed by atoms with Gasteiger partial charge < -0.3 is 19.0 Å². The summed E-state index contributed by atoms with van der Waals surface area (Å²) in [6.45, 7) is 2.32. The Morgan fingerprint density at radius 2 is 2.03 bits per heavy atom. The lowest BCUT2D eigenvalue weighted by Gasteiger charge is -2.29. The Labute approximate surface area is 170 Å². The zero-order valence-electron chi connectivity index (χ0n) is 16.8. The first-order valence-corrected chi connectivity index (χ1v) is 10.3. The van der Waals surface area contributed by atoms with Crippen molar-refractivity contribution >= 4 is 11.8 Å². The van der Waals surface area contributed by atoms with Crippen molar-refractivity contribution in [2.24, 2.45) is 0 Å². The third kappa shape index (κ3) is 4.34. The minimum atomic E-state index is -0.365. The highest BCUT2D eigenvalue weighted by Crippen LogP contribution is 2.29. The van der Waals surface area contributed by atoms with E-state index in [2.05, 4.69) is 4.98 Å². The molecule has 0 aliphatic carbocycles. The molecule has 3 heterocycles. The van der Waals surface area contributed by atoms with Gasteiger partial charge in [0, 0.05) is 46.0 Å². The molecule has 2 aliphatic heterocycles. The molecule has 7 heteroatoms. The van der Waals surface area contributed by atoms with E-state index >= 15 is 0 Å². The number of aromatic nitrogens is 1. The van der Waals surface area contributed by atoms with Gasteiger partial charge in [-0.1, -0.05) is 30.3 Å². The van der Waals surface area contributed by atoms with E-state index in [0.717, 1.165) is 36.4 Å². The van der Waals surface area contributed by atoms with Crippen LogP contribution in [0.2, 0.25) is 0 Å². The number of nitrogens with zero attached hydrogens (tertiary/aromatic N) is 3. The fourth-order valence-corrected chi connectivity index (χ4v) is 4.04.